The molecule has 3 atom stereocenters. The van der Waals surface area contributed by atoms with Gasteiger partial charge in [-0.05, 0) is 31.4 Å². The molecule has 1 heterocycles. The normalized spacial score (nSPS) is 41.2. The maximum absolute atomic E-state index is 14.1. The Balaban J connectivity index is 2.38. The molecule has 0 bridgehead atoms. The fourth-order valence-corrected chi connectivity index (χ4v) is 2.97. The van der Waals surface area contributed by atoms with Gasteiger partial charge in [-0.3, -0.25) is 4.99 Å². The maximum atomic E-state index is 14.1. The van der Waals surface area contributed by atoms with E-state index in [0.29, 0.717) is 18.4 Å². The van der Waals surface area contributed by atoms with Gasteiger partial charge in [-0.15, -0.1) is 0 Å². The summed E-state index contributed by atoms with van der Waals surface area (Å²) >= 11 is 0. The van der Waals surface area contributed by atoms with Crippen LogP contribution in [-0.2, 0) is 4.74 Å². The monoisotopic (exact) mass is 265 g/mol. The first-order valence-electron chi connectivity index (χ1n) is 6.55. The average molecular weight is 265 g/mol. The highest BCUT2D eigenvalue weighted by atomic mass is 19.1. The minimum absolute atomic E-state index is 0.0484. The van der Waals surface area contributed by atoms with Gasteiger partial charge in [0.1, 0.15) is 5.83 Å². The first-order valence-corrected chi connectivity index (χ1v) is 6.55. The zero-order valence-electron chi connectivity index (χ0n) is 11.2. The maximum Gasteiger partial charge on any atom is 0.128 e. The Hall–Kier alpha value is -1.26. The van der Waals surface area contributed by atoms with E-state index in [-0.39, 0.29) is 24.5 Å². The Kier molecular flexibility index (Phi) is 4.32. The molecule has 1 N–H and O–H groups in total. The standard InChI is InChI=1S/C15H20FNO2/c1-11-14(16)5-3-4-8-17-15(11)7-6-13(19-2)9-12(15)10-18/h3-5,8,12-13,18H,1,6-7,9-10H2,2H3/b4-3-,14-5+,17-8+. The first kappa shape index (κ1) is 14.2. The van der Waals surface area contributed by atoms with Gasteiger partial charge in [0.05, 0.1) is 11.6 Å². The number of hydrogen-bond donors (Lipinski definition) is 1. The highest BCUT2D eigenvalue weighted by molar-refractivity contribution is 5.73. The quantitative estimate of drug-likeness (QED) is 0.833. The molecule has 0 aromatic heterocycles. The topological polar surface area (TPSA) is 41.8 Å². The molecule has 3 nitrogen and oxygen atoms in total. The second-order valence-electron chi connectivity index (χ2n) is 5.09. The summed E-state index contributed by atoms with van der Waals surface area (Å²) in [4.78, 5) is 4.52. The van der Waals surface area contributed by atoms with E-state index in [0.717, 1.165) is 6.42 Å². The molecule has 4 heteroatoms. The van der Waals surface area contributed by atoms with Gasteiger partial charge in [-0.1, -0.05) is 12.7 Å². The third-order valence-electron chi connectivity index (χ3n) is 4.18. The third-order valence-corrected chi connectivity index (χ3v) is 4.18. The van der Waals surface area contributed by atoms with Gasteiger partial charge < -0.3 is 9.84 Å². The van der Waals surface area contributed by atoms with Crippen LogP contribution in [0.25, 0.3) is 0 Å². The number of halogens is 1. The van der Waals surface area contributed by atoms with E-state index in [1.54, 1.807) is 25.5 Å². The van der Waals surface area contributed by atoms with Crippen LogP contribution in [-0.4, -0.2) is 36.7 Å². The highest BCUT2D eigenvalue weighted by Crippen LogP contribution is 2.45. The minimum Gasteiger partial charge on any atom is -0.396 e. The van der Waals surface area contributed by atoms with Crippen molar-refractivity contribution in [2.45, 2.75) is 30.9 Å². The van der Waals surface area contributed by atoms with E-state index in [9.17, 15) is 9.50 Å². The first-order chi connectivity index (χ1) is 9.14. The van der Waals surface area contributed by atoms with Gasteiger partial charge >= 0.3 is 0 Å². The molecule has 0 aromatic carbocycles. The third kappa shape index (κ3) is 2.55. The molecule has 0 saturated heterocycles. The van der Waals surface area contributed by atoms with Crippen molar-refractivity contribution >= 4 is 6.21 Å². The number of ether oxygens (including phenoxy) is 1. The fraction of sp³-hybridized carbons (Fsp3) is 0.533. The molecular formula is C15H20FNO2. The molecule has 19 heavy (non-hydrogen) atoms. The van der Waals surface area contributed by atoms with Crippen LogP contribution >= 0.6 is 0 Å². The summed E-state index contributed by atoms with van der Waals surface area (Å²) in [5.74, 6) is -0.525. The molecule has 1 aliphatic carbocycles. The Labute approximate surface area is 113 Å². The van der Waals surface area contributed by atoms with Crippen LogP contribution in [0.4, 0.5) is 4.39 Å². The summed E-state index contributed by atoms with van der Waals surface area (Å²) in [6, 6.07) is 0. The number of nitrogens with zero attached hydrogens (tertiary/aromatic N) is 1. The number of aliphatic hydroxyl groups excluding tert-OH is 1. The van der Waals surface area contributed by atoms with E-state index >= 15 is 0 Å². The molecule has 1 aliphatic heterocycles. The number of methoxy groups -OCH3 is 1. The SMILES string of the molecule is C=C1\C(F)=C/C=C\C=N\C12CCC(OC)CC2CO. The fourth-order valence-electron chi connectivity index (χ4n) is 2.97. The van der Waals surface area contributed by atoms with Crippen LogP contribution in [0.1, 0.15) is 19.3 Å². The summed E-state index contributed by atoms with van der Waals surface area (Å²) < 4.78 is 19.4. The van der Waals surface area contributed by atoms with Gasteiger partial charge in [-0.25, -0.2) is 4.39 Å². The van der Waals surface area contributed by atoms with Gasteiger partial charge in [0.2, 0.25) is 0 Å². The molecule has 1 saturated carbocycles. The van der Waals surface area contributed by atoms with Gasteiger partial charge in [0.15, 0.2) is 0 Å². The van der Waals surface area contributed by atoms with Crippen LogP contribution in [0, 0.1) is 5.92 Å². The highest BCUT2D eigenvalue weighted by Gasteiger charge is 2.46. The van der Waals surface area contributed by atoms with Crippen LogP contribution in [0.3, 0.4) is 0 Å². The lowest BCUT2D eigenvalue weighted by molar-refractivity contribution is 0.0102. The molecule has 104 valence electrons. The van der Waals surface area contributed by atoms with Gasteiger partial charge in [0.25, 0.3) is 0 Å². The predicted octanol–water partition coefficient (Wildman–Crippen LogP) is 2.58. The summed E-state index contributed by atoms with van der Waals surface area (Å²) in [5.41, 5.74) is -0.378. The van der Waals surface area contributed by atoms with Crippen LogP contribution < -0.4 is 0 Å². The van der Waals surface area contributed by atoms with Crippen LogP contribution in [0.15, 0.2) is 41.2 Å². The lowest BCUT2D eigenvalue weighted by Crippen LogP contribution is -2.46. The van der Waals surface area contributed by atoms with Crippen molar-refractivity contribution in [1.82, 2.24) is 0 Å². The van der Waals surface area contributed by atoms with Crippen LogP contribution in [0.2, 0.25) is 0 Å². The van der Waals surface area contributed by atoms with Crippen molar-refractivity contribution in [3.63, 3.8) is 0 Å². The number of allylic oxidation sites excluding steroid dienone is 3. The van der Waals surface area contributed by atoms with Crippen molar-refractivity contribution in [3.05, 3.63) is 36.2 Å². The largest absolute Gasteiger partial charge is 0.396 e. The smallest absolute Gasteiger partial charge is 0.128 e. The molecule has 1 fully saturated rings. The van der Waals surface area contributed by atoms with E-state index in [2.05, 4.69) is 11.6 Å². The molecule has 0 radical (unpaired) electrons. The van der Waals surface area contributed by atoms with E-state index < -0.39 is 5.54 Å². The molecule has 1 spiro atoms. The van der Waals surface area contributed by atoms with Crippen molar-refractivity contribution in [2.24, 2.45) is 10.9 Å². The van der Waals surface area contributed by atoms with Crippen molar-refractivity contribution < 1.29 is 14.2 Å². The summed E-state index contributed by atoms with van der Waals surface area (Å²) in [7, 11) is 1.66. The van der Waals surface area contributed by atoms with Crippen molar-refractivity contribution in [3.8, 4) is 0 Å². The number of aliphatic imine (C=N–C) groups is 1. The van der Waals surface area contributed by atoms with E-state index in [1.165, 1.54) is 6.08 Å². The second kappa shape index (κ2) is 5.80. The minimum atomic E-state index is -0.741. The van der Waals surface area contributed by atoms with Crippen LogP contribution in [0.5, 0.6) is 0 Å². The Morgan fingerprint density at radius 3 is 3.05 bits per heavy atom. The van der Waals surface area contributed by atoms with Gasteiger partial charge in [0, 0.05) is 31.4 Å². The average Bonchev–Trinajstić information content (AvgIpc) is 2.44. The lowest BCUT2D eigenvalue weighted by atomic mass is 9.68. The molecule has 2 aliphatic rings. The lowest BCUT2D eigenvalue weighted by Gasteiger charge is -2.44. The van der Waals surface area contributed by atoms with Crippen molar-refractivity contribution in [1.29, 1.82) is 0 Å². The summed E-state index contributed by atoms with van der Waals surface area (Å²) in [5, 5.41) is 9.66. The number of rotatable bonds is 2. The zero-order chi connectivity index (χ0) is 13.9. The molecule has 0 aromatic rings. The molecule has 0 amide bonds. The zero-order valence-corrected chi connectivity index (χ0v) is 11.2. The second-order valence-corrected chi connectivity index (χ2v) is 5.09. The Morgan fingerprint density at radius 2 is 2.37 bits per heavy atom. The molecule has 3 unspecified atom stereocenters. The Bertz CT molecular complexity index is 441. The van der Waals surface area contributed by atoms with E-state index in [1.807, 2.05) is 0 Å². The predicted molar refractivity (Wildman–Crippen MR) is 73.9 cm³/mol. The van der Waals surface area contributed by atoms with Gasteiger partial charge in [-0.2, -0.15) is 0 Å². The summed E-state index contributed by atoms with van der Waals surface area (Å²) in [6.07, 6.45) is 8.56. The number of aliphatic hydroxyl groups is 1. The van der Waals surface area contributed by atoms with Crippen molar-refractivity contribution in [2.75, 3.05) is 13.7 Å². The Morgan fingerprint density at radius 1 is 1.58 bits per heavy atom. The molecule has 2 rings (SSSR count). The summed E-state index contributed by atoms with van der Waals surface area (Å²) in [6.45, 7) is 3.83. The molecular weight excluding hydrogens is 245 g/mol. The number of hydrogen-bond acceptors (Lipinski definition) is 3. The van der Waals surface area contributed by atoms with E-state index in [4.69, 9.17) is 4.74 Å².